The third kappa shape index (κ3) is 17.9. The van der Waals surface area contributed by atoms with E-state index in [1.165, 1.54) is 0 Å². The summed E-state index contributed by atoms with van der Waals surface area (Å²) in [6, 6.07) is -5.67. The molecule has 0 saturated heterocycles. The zero-order valence-corrected chi connectivity index (χ0v) is 37.3. The van der Waals surface area contributed by atoms with Crippen molar-refractivity contribution in [1.29, 1.82) is 0 Å². The van der Waals surface area contributed by atoms with Crippen LogP contribution in [0.15, 0.2) is 0 Å². The maximum atomic E-state index is 6.54. The normalized spacial score (nSPS) is 16.3. The summed E-state index contributed by atoms with van der Waals surface area (Å²) in [6.07, 6.45) is 5.55. The highest BCUT2D eigenvalue weighted by Gasteiger charge is 2.39. The lowest BCUT2D eigenvalue weighted by atomic mass is 10.2. The Morgan fingerprint density at radius 2 is 0.718 bits per heavy atom. The van der Waals surface area contributed by atoms with E-state index >= 15 is 0 Å². The SMILES string of the molecule is C[Si](C)(C)N(CCCC(CCOCCC(CCCN([Si](C)(C)C)[Si](C)(C)C)[Si](Cl)(Cl)Cl)[Si](Cl)(Cl)Cl)[Si](C)(C)C. The number of hydrogen-bond acceptors (Lipinski definition) is 3. The molecular weight excluding hydrogens is 714 g/mol. The van der Waals surface area contributed by atoms with Crippen LogP contribution in [-0.2, 0) is 4.74 Å². The van der Waals surface area contributed by atoms with Gasteiger partial charge in [0.2, 0.25) is 0 Å². The second kappa shape index (κ2) is 17.0. The van der Waals surface area contributed by atoms with E-state index in [2.05, 4.69) is 87.0 Å². The number of halogens is 6. The fraction of sp³-hybridized carbons (Fsp3) is 1.00. The Labute approximate surface area is 276 Å². The largest absolute Gasteiger partial charge is 0.381 e. The topological polar surface area (TPSA) is 15.7 Å². The van der Waals surface area contributed by atoms with Crippen LogP contribution < -0.4 is 0 Å². The number of ether oxygens (including phenoxy) is 1. The van der Waals surface area contributed by atoms with Crippen LogP contribution in [0.2, 0.25) is 89.6 Å². The van der Waals surface area contributed by atoms with Gasteiger partial charge >= 0.3 is 12.0 Å². The molecule has 236 valence electrons. The van der Waals surface area contributed by atoms with Crippen LogP contribution in [0.3, 0.4) is 0 Å². The maximum absolute atomic E-state index is 6.54. The minimum Gasteiger partial charge on any atom is -0.381 e. The van der Waals surface area contributed by atoms with Gasteiger partial charge in [-0.2, -0.15) is 0 Å². The summed E-state index contributed by atoms with van der Waals surface area (Å²) in [5.41, 5.74) is 0.195. The molecule has 3 nitrogen and oxygen atoms in total. The minimum atomic E-state index is -2.84. The summed E-state index contributed by atoms with van der Waals surface area (Å²) in [6.45, 7) is 32.6. The predicted molar refractivity (Wildman–Crippen MR) is 199 cm³/mol. The third-order valence-corrected chi connectivity index (χ3v) is 31.2. The van der Waals surface area contributed by atoms with Gasteiger partial charge in [-0.3, -0.25) is 0 Å². The van der Waals surface area contributed by atoms with Crippen molar-refractivity contribution in [2.45, 2.75) is 128 Å². The standard InChI is InChI=1S/C24H58Cl6N2OSi6/c1-34(2,3)31(35(4,5)6)19-13-15-23(38(25,26)27)17-21-33-22-18-24(39(28,29)30)16-14-20-32(36(7,8)9)37(10,11)12/h23-24H,13-22H2,1-12H3. The molecule has 0 aromatic rings. The van der Waals surface area contributed by atoms with Gasteiger partial charge in [0, 0.05) is 13.2 Å². The van der Waals surface area contributed by atoms with Gasteiger partial charge in [-0.05, 0) is 62.7 Å². The van der Waals surface area contributed by atoms with Crippen molar-refractivity contribution in [2.24, 2.45) is 0 Å². The van der Waals surface area contributed by atoms with Crippen molar-refractivity contribution < 1.29 is 4.74 Å². The summed E-state index contributed by atoms with van der Waals surface area (Å²) < 4.78 is 11.7. The fourth-order valence-corrected chi connectivity index (χ4v) is 31.1. The van der Waals surface area contributed by atoms with Crippen molar-refractivity contribution >= 4 is 111 Å². The Balaban J connectivity index is 4.86. The first-order valence-corrected chi connectivity index (χ1v) is 38.5. The van der Waals surface area contributed by atoms with Crippen LogP contribution in [0.25, 0.3) is 0 Å². The second-order valence-electron chi connectivity index (χ2n) is 14.9. The van der Waals surface area contributed by atoms with Crippen LogP contribution in [-0.4, -0.2) is 79.7 Å². The molecule has 0 fully saturated rings. The van der Waals surface area contributed by atoms with Crippen LogP contribution in [0.4, 0.5) is 0 Å². The van der Waals surface area contributed by atoms with Gasteiger partial charge in [0.05, 0.1) is 0 Å². The van der Waals surface area contributed by atoms with Crippen LogP contribution in [0.1, 0.15) is 38.5 Å². The lowest BCUT2D eigenvalue weighted by Crippen LogP contribution is -2.59. The summed E-state index contributed by atoms with van der Waals surface area (Å²) in [5, 5.41) is 0. The third-order valence-electron chi connectivity index (χ3n) is 7.25. The van der Waals surface area contributed by atoms with Crippen molar-refractivity contribution in [3.05, 3.63) is 0 Å². The molecule has 0 aliphatic heterocycles. The monoisotopic (exact) mass is 768 g/mol. The average molecular weight is 772 g/mol. The molecule has 0 N–H and O–H groups in total. The molecule has 0 aromatic carbocycles. The van der Waals surface area contributed by atoms with Crippen molar-refractivity contribution in [3.63, 3.8) is 0 Å². The molecule has 0 amide bonds. The van der Waals surface area contributed by atoms with Crippen LogP contribution >= 0.6 is 66.5 Å². The second-order valence-corrected chi connectivity index (χ2v) is 53.4. The van der Waals surface area contributed by atoms with E-state index in [0.29, 0.717) is 13.2 Å². The van der Waals surface area contributed by atoms with Crippen LogP contribution in [0, 0.1) is 0 Å². The lowest BCUT2D eigenvalue weighted by molar-refractivity contribution is 0.125. The van der Waals surface area contributed by atoms with Gasteiger partial charge in [0.15, 0.2) is 0 Å². The van der Waals surface area contributed by atoms with Crippen molar-refractivity contribution in [2.75, 3.05) is 26.3 Å². The predicted octanol–water partition coefficient (Wildman–Crippen LogP) is 11.3. The van der Waals surface area contributed by atoms with E-state index in [4.69, 9.17) is 71.2 Å². The molecule has 0 aliphatic rings. The van der Waals surface area contributed by atoms with E-state index in [1.807, 2.05) is 0 Å². The Hall–Kier alpha value is 2.92. The highest BCUT2D eigenvalue weighted by Crippen LogP contribution is 2.41. The molecule has 0 heterocycles. The first-order valence-electron chi connectivity index (χ1n) is 14.4. The van der Waals surface area contributed by atoms with E-state index in [-0.39, 0.29) is 11.1 Å². The summed E-state index contributed by atoms with van der Waals surface area (Å²) in [4.78, 5) is 0. The van der Waals surface area contributed by atoms with Crippen LogP contribution in [0.5, 0.6) is 0 Å². The first kappa shape index (κ1) is 41.9. The summed E-state index contributed by atoms with van der Waals surface area (Å²) >= 11 is 39.2. The fourth-order valence-electron chi connectivity index (χ4n) is 5.84. The molecule has 0 saturated carbocycles. The van der Waals surface area contributed by atoms with Gasteiger partial charge in [-0.15, -0.1) is 66.5 Å². The van der Waals surface area contributed by atoms with Crippen molar-refractivity contribution in [1.82, 2.24) is 8.46 Å². The quantitative estimate of drug-likeness (QED) is 0.0696. The Morgan fingerprint density at radius 3 is 0.923 bits per heavy atom. The highest BCUT2D eigenvalue weighted by molar-refractivity contribution is 7.65. The van der Waals surface area contributed by atoms with Gasteiger partial charge in [0.25, 0.3) is 0 Å². The number of rotatable bonds is 20. The molecule has 0 bridgehead atoms. The molecule has 39 heavy (non-hydrogen) atoms. The molecule has 15 heteroatoms. The Morgan fingerprint density at radius 1 is 0.462 bits per heavy atom. The molecule has 2 atom stereocenters. The molecule has 0 radical (unpaired) electrons. The Bertz CT molecular complexity index is 614. The van der Waals surface area contributed by atoms with Crippen molar-refractivity contribution in [3.8, 4) is 0 Å². The molecule has 0 rings (SSSR count). The zero-order chi connectivity index (χ0) is 31.1. The molecule has 0 aromatic heterocycles. The number of nitrogens with zero attached hydrogens (tertiary/aromatic N) is 2. The van der Waals surface area contributed by atoms with E-state index in [1.54, 1.807) is 0 Å². The van der Waals surface area contributed by atoms with E-state index in [0.717, 1.165) is 51.6 Å². The molecule has 0 aliphatic carbocycles. The summed E-state index contributed by atoms with van der Waals surface area (Å²) in [5.74, 6) is 0. The zero-order valence-electron chi connectivity index (χ0n) is 26.8. The Kier molecular flexibility index (Phi) is 18.3. The summed E-state index contributed by atoms with van der Waals surface area (Å²) in [7, 11) is -5.53. The smallest absolute Gasteiger partial charge is 0.344 e. The highest BCUT2D eigenvalue weighted by atomic mass is 35.8. The number of hydrogen-bond donors (Lipinski definition) is 0. The van der Waals surface area contributed by atoms with Gasteiger partial charge in [0.1, 0.15) is 32.9 Å². The molecule has 0 spiro atoms. The van der Waals surface area contributed by atoms with E-state index < -0.39 is 44.9 Å². The molecule has 2 unspecified atom stereocenters. The average Bonchev–Trinajstić information content (AvgIpc) is 2.64. The minimum absolute atomic E-state index is 0.0973. The van der Waals surface area contributed by atoms with Gasteiger partial charge < -0.3 is 13.2 Å². The maximum Gasteiger partial charge on any atom is 0.344 e. The molecular formula is C24H58Cl6N2OSi6. The lowest BCUT2D eigenvalue weighted by Gasteiger charge is -2.44. The van der Waals surface area contributed by atoms with Gasteiger partial charge in [-0.1, -0.05) is 78.6 Å². The van der Waals surface area contributed by atoms with Gasteiger partial charge in [-0.25, -0.2) is 0 Å². The van der Waals surface area contributed by atoms with E-state index in [9.17, 15) is 0 Å². The first-order chi connectivity index (χ1) is 17.2.